The molecule has 1 atom stereocenters. The van der Waals surface area contributed by atoms with E-state index in [4.69, 9.17) is 0 Å². The monoisotopic (exact) mass is 283 g/mol. The molecule has 1 N–H and O–H groups in total. The van der Waals surface area contributed by atoms with E-state index in [1.54, 1.807) is 4.90 Å². The van der Waals surface area contributed by atoms with Crippen molar-refractivity contribution in [1.82, 2.24) is 14.7 Å². The first-order valence-corrected chi connectivity index (χ1v) is 7.56. The molecule has 2 aliphatic rings. The van der Waals surface area contributed by atoms with E-state index >= 15 is 0 Å². The molecule has 0 radical (unpaired) electrons. The summed E-state index contributed by atoms with van der Waals surface area (Å²) in [7, 11) is 0. The average molecular weight is 283 g/mol. The lowest BCUT2D eigenvalue weighted by molar-refractivity contribution is -0.139. The summed E-state index contributed by atoms with van der Waals surface area (Å²) in [6, 6.07) is 0. The standard InChI is InChI=1S/C14H25N3O3/c1-2-12(18)10-15-6-8-16(9-7-15)14(20)11-17-5-3-4-13(17)19/h12,18H,2-11H2,1H3/t12-/m0/s1. The van der Waals surface area contributed by atoms with Crippen LogP contribution in [-0.2, 0) is 9.59 Å². The average Bonchev–Trinajstić information content (AvgIpc) is 2.85. The SMILES string of the molecule is CC[C@H](O)CN1CCN(C(=O)CN2CCCC2=O)CC1. The van der Waals surface area contributed by atoms with Gasteiger partial charge in [-0.3, -0.25) is 14.5 Å². The highest BCUT2D eigenvalue weighted by molar-refractivity contribution is 5.85. The quantitative estimate of drug-likeness (QED) is 0.740. The van der Waals surface area contributed by atoms with Gasteiger partial charge in [0.1, 0.15) is 0 Å². The molecule has 114 valence electrons. The van der Waals surface area contributed by atoms with Gasteiger partial charge in [-0.05, 0) is 12.8 Å². The van der Waals surface area contributed by atoms with Crippen molar-refractivity contribution < 1.29 is 14.7 Å². The summed E-state index contributed by atoms with van der Waals surface area (Å²) >= 11 is 0. The van der Waals surface area contributed by atoms with Crippen molar-refractivity contribution in [2.75, 3.05) is 45.8 Å². The number of aliphatic hydroxyl groups is 1. The highest BCUT2D eigenvalue weighted by Crippen LogP contribution is 2.11. The van der Waals surface area contributed by atoms with Crippen LogP contribution in [0.15, 0.2) is 0 Å². The second kappa shape index (κ2) is 7.04. The van der Waals surface area contributed by atoms with E-state index in [9.17, 15) is 14.7 Å². The van der Waals surface area contributed by atoms with E-state index in [0.29, 0.717) is 32.6 Å². The number of rotatable bonds is 5. The maximum Gasteiger partial charge on any atom is 0.242 e. The van der Waals surface area contributed by atoms with Gasteiger partial charge in [-0.15, -0.1) is 0 Å². The Hall–Kier alpha value is -1.14. The minimum Gasteiger partial charge on any atom is -0.392 e. The minimum atomic E-state index is -0.278. The molecule has 2 aliphatic heterocycles. The fourth-order valence-electron chi connectivity index (χ4n) is 2.74. The number of carbonyl (C=O) groups excluding carboxylic acids is 2. The van der Waals surface area contributed by atoms with Crippen molar-refractivity contribution >= 4 is 11.8 Å². The van der Waals surface area contributed by atoms with Crippen molar-refractivity contribution in [3.63, 3.8) is 0 Å². The van der Waals surface area contributed by atoms with E-state index in [2.05, 4.69) is 4.90 Å². The lowest BCUT2D eigenvalue weighted by atomic mass is 10.2. The maximum atomic E-state index is 12.1. The van der Waals surface area contributed by atoms with E-state index in [0.717, 1.165) is 25.9 Å². The Kier molecular flexibility index (Phi) is 5.37. The van der Waals surface area contributed by atoms with Crippen LogP contribution in [0.5, 0.6) is 0 Å². The van der Waals surface area contributed by atoms with Crippen molar-refractivity contribution in [2.24, 2.45) is 0 Å². The summed E-state index contributed by atoms with van der Waals surface area (Å²) in [6.45, 7) is 6.59. The Morgan fingerprint density at radius 1 is 1.25 bits per heavy atom. The maximum absolute atomic E-state index is 12.1. The molecule has 0 aromatic rings. The molecule has 0 saturated carbocycles. The lowest BCUT2D eigenvalue weighted by Gasteiger charge is -2.36. The van der Waals surface area contributed by atoms with Crippen molar-refractivity contribution in [3.8, 4) is 0 Å². The number of piperazine rings is 1. The van der Waals surface area contributed by atoms with E-state index in [1.807, 2.05) is 11.8 Å². The smallest absolute Gasteiger partial charge is 0.242 e. The number of aliphatic hydroxyl groups excluding tert-OH is 1. The molecule has 0 aliphatic carbocycles. The third kappa shape index (κ3) is 3.93. The van der Waals surface area contributed by atoms with Crippen LogP contribution in [-0.4, -0.2) is 83.5 Å². The normalized spacial score (nSPS) is 22.4. The predicted molar refractivity (Wildman–Crippen MR) is 75.1 cm³/mol. The molecule has 6 nitrogen and oxygen atoms in total. The molecule has 2 rings (SSSR count). The van der Waals surface area contributed by atoms with Gasteiger partial charge >= 0.3 is 0 Å². The van der Waals surface area contributed by atoms with Gasteiger partial charge in [0.15, 0.2) is 0 Å². The van der Waals surface area contributed by atoms with Gasteiger partial charge < -0.3 is 14.9 Å². The molecule has 0 bridgehead atoms. The van der Waals surface area contributed by atoms with Crippen LogP contribution in [0.4, 0.5) is 0 Å². The summed E-state index contributed by atoms with van der Waals surface area (Å²) in [4.78, 5) is 29.4. The second-order valence-electron chi connectivity index (χ2n) is 5.66. The van der Waals surface area contributed by atoms with Crippen LogP contribution in [0.3, 0.4) is 0 Å². The third-order valence-electron chi connectivity index (χ3n) is 4.16. The van der Waals surface area contributed by atoms with Crippen LogP contribution in [0, 0.1) is 0 Å². The van der Waals surface area contributed by atoms with Gasteiger partial charge in [0.25, 0.3) is 0 Å². The molecule has 0 aromatic carbocycles. The molecule has 0 unspecified atom stereocenters. The van der Waals surface area contributed by atoms with Gasteiger partial charge in [0.05, 0.1) is 12.6 Å². The molecule has 2 heterocycles. The topological polar surface area (TPSA) is 64.1 Å². The Balaban J connectivity index is 1.73. The molecular formula is C14H25N3O3. The largest absolute Gasteiger partial charge is 0.392 e. The fraction of sp³-hybridized carbons (Fsp3) is 0.857. The Bertz CT molecular complexity index is 354. The van der Waals surface area contributed by atoms with Crippen LogP contribution >= 0.6 is 0 Å². The van der Waals surface area contributed by atoms with E-state index < -0.39 is 0 Å². The van der Waals surface area contributed by atoms with Crippen molar-refractivity contribution in [1.29, 1.82) is 0 Å². The number of hydrogen-bond acceptors (Lipinski definition) is 4. The molecular weight excluding hydrogens is 258 g/mol. The van der Waals surface area contributed by atoms with E-state index in [-0.39, 0.29) is 24.5 Å². The number of carbonyl (C=O) groups is 2. The first-order valence-electron chi connectivity index (χ1n) is 7.56. The summed E-state index contributed by atoms with van der Waals surface area (Å²) in [5, 5.41) is 9.64. The summed E-state index contributed by atoms with van der Waals surface area (Å²) in [6.07, 6.45) is 1.93. The summed E-state index contributed by atoms with van der Waals surface area (Å²) in [5.74, 6) is 0.152. The second-order valence-corrected chi connectivity index (χ2v) is 5.66. The zero-order valence-corrected chi connectivity index (χ0v) is 12.3. The molecule has 6 heteroatoms. The fourth-order valence-corrected chi connectivity index (χ4v) is 2.74. The van der Waals surface area contributed by atoms with Crippen LogP contribution in [0.2, 0.25) is 0 Å². The van der Waals surface area contributed by atoms with Gasteiger partial charge in [0, 0.05) is 45.7 Å². The molecule has 0 spiro atoms. The van der Waals surface area contributed by atoms with Crippen molar-refractivity contribution in [2.45, 2.75) is 32.3 Å². The first-order chi connectivity index (χ1) is 9.60. The van der Waals surface area contributed by atoms with Crippen LogP contribution in [0.1, 0.15) is 26.2 Å². The molecule has 2 fully saturated rings. The number of nitrogens with zero attached hydrogens (tertiary/aromatic N) is 3. The lowest BCUT2D eigenvalue weighted by Crippen LogP contribution is -2.52. The number of hydrogen-bond donors (Lipinski definition) is 1. The van der Waals surface area contributed by atoms with Crippen LogP contribution in [0.25, 0.3) is 0 Å². The predicted octanol–water partition coefficient (Wildman–Crippen LogP) is -0.476. The Morgan fingerprint density at radius 2 is 1.95 bits per heavy atom. The third-order valence-corrected chi connectivity index (χ3v) is 4.16. The highest BCUT2D eigenvalue weighted by atomic mass is 16.3. The molecule has 2 amide bonds. The number of likely N-dealkylation sites (tertiary alicyclic amines) is 1. The van der Waals surface area contributed by atoms with Gasteiger partial charge in [-0.2, -0.15) is 0 Å². The van der Waals surface area contributed by atoms with Crippen LogP contribution < -0.4 is 0 Å². The minimum absolute atomic E-state index is 0.0518. The van der Waals surface area contributed by atoms with Gasteiger partial charge in [-0.25, -0.2) is 0 Å². The summed E-state index contributed by atoms with van der Waals surface area (Å²) in [5.41, 5.74) is 0. The number of β-amino-alcohol motifs (C(OH)–C–C–N with tert-alkyl or cyclic N) is 1. The Labute approximate surface area is 120 Å². The van der Waals surface area contributed by atoms with Gasteiger partial charge in [0.2, 0.25) is 11.8 Å². The summed E-state index contributed by atoms with van der Waals surface area (Å²) < 4.78 is 0. The van der Waals surface area contributed by atoms with E-state index in [1.165, 1.54) is 0 Å². The zero-order valence-electron chi connectivity index (χ0n) is 12.3. The first kappa shape index (κ1) is 15.3. The molecule has 2 saturated heterocycles. The molecule has 0 aromatic heterocycles. The van der Waals surface area contributed by atoms with Crippen molar-refractivity contribution in [3.05, 3.63) is 0 Å². The Morgan fingerprint density at radius 3 is 2.50 bits per heavy atom. The zero-order chi connectivity index (χ0) is 14.5. The van der Waals surface area contributed by atoms with Gasteiger partial charge in [-0.1, -0.05) is 6.92 Å². The molecule has 20 heavy (non-hydrogen) atoms. The number of amides is 2. The highest BCUT2D eigenvalue weighted by Gasteiger charge is 2.27.